The molecule has 0 fully saturated rings. The second-order valence-corrected chi connectivity index (χ2v) is 14.7. The van der Waals surface area contributed by atoms with E-state index in [-0.39, 0.29) is 28.1 Å². The van der Waals surface area contributed by atoms with Crippen LogP contribution in [0.25, 0.3) is 0 Å². The lowest BCUT2D eigenvalue weighted by molar-refractivity contribution is -0.385. The zero-order chi connectivity index (χ0) is 24.6. The van der Waals surface area contributed by atoms with Gasteiger partial charge < -0.3 is 19.2 Å². The standard InChI is InChI=1S/C24H32N2O6Si/c1-24(2,3)33(5,6)32-15-18-11-16-9-7-8-10-17(16)14-25(18)23(28)19-12-22(31-4)21(27)13-20(19)26(29)30/h7-10,12-13,18,27H,11,14-15H2,1-6H3. The minimum Gasteiger partial charge on any atom is -0.504 e. The van der Waals surface area contributed by atoms with Crippen LogP contribution >= 0.6 is 0 Å². The largest absolute Gasteiger partial charge is 0.504 e. The number of nitro benzene ring substituents is 1. The number of aromatic hydroxyl groups is 1. The summed E-state index contributed by atoms with van der Waals surface area (Å²) in [6.07, 6.45) is 0.597. The lowest BCUT2D eigenvalue weighted by Gasteiger charge is -2.41. The number of nitrogens with zero attached hydrogens (tertiary/aromatic N) is 2. The minimum atomic E-state index is -2.07. The predicted molar refractivity (Wildman–Crippen MR) is 128 cm³/mol. The molecule has 1 amide bonds. The molecule has 1 N–H and O–H groups in total. The summed E-state index contributed by atoms with van der Waals surface area (Å²) in [6.45, 7) is 11.5. The number of nitro groups is 1. The Morgan fingerprint density at radius 1 is 1.24 bits per heavy atom. The summed E-state index contributed by atoms with van der Waals surface area (Å²) in [5, 5.41) is 21.7. The molecule has 33 heavy (non-hydrogen) atoms. The summed E-state index contributed by atoms with van der Waals surface area (Å²) in [5.41, 5.74) is 1.57. The van der Waals surface area contributed by atoms with E-state index in [4.69, 9.17) is 9.16 Å². The van der Waals surface area contributed by atoms with Crippen molar-refractivity contribution in [2.45, 2.75) is 57.9 Å². The van der Waals surface area contributed by atoms with Gasteiger partial charge in [-0.25, -0.2) is 0 Å². The first-order valence-corrected chi connectivity index (χ1v) is 13.8. The average molecular weight is 473 g/mol. The number of phenolic OH excluding ortho intramolecular Hbond substituents is 1. The van der Waals surface area contributed by atoms with Crippen molar-refractivity contribution in [1.82, 2.24) is 4.90 Å². The van der Waals surface area contributed by atoms with Crippen LogP contribution in [0.5, 0.6) is 11.5 Å². The molecule has 178 valence electrons. The summed E-state index contributed by atoms with van der Waals surface area (Å²) >= 11 is 0. The SMILES string of the molecule is COc1cc(C(=O)N2Cc3ccccc3CC2CO[Si](C)(C)C(C)(C)C)c([N+](=O)[O-])cc1O. The number of methoxy groups -OCH3 is 1. The van der Waals surface area contributed by atoms with Crippen LogP contribution in [0.3, 0.4) is 0 Å². The maximum atomic E-state index is 13.7. The van der Waals surface area contributed by atoms with Gasteiger partial charge in [0.1, 0.15) is 5.56 Å². The van der Waals surface area contributed by atoms with Gasteiger partial charge >= 0.3 is 0 Å². The topological polar surface area (TPSA) is 102 Å². The Morgan fingerprint density at radius 3 is 2.45 bits per heavy atom. The fraction of sp³-hybridized carbons (Fsp3) is 0.458. The highest BCUT2D eigenvalue weighted by Crippen LogP contribution is 2.38. The fourth-order valence-corrected chi connectivity index (χ4v) is 4.74. The van der Waals surface area contributed by atoms with Crippen molar-refractivity contribution in [2.24, 2.45) is 0 Å². The van der Waals surface area contributed by atoms with Crippen LogP contribution in [-0.4, -0.2) is 48.9 Å². The van der Waals surface area contributed by atoms with Gasteiger partial charge in [-0.2, -0.15) is 0 Å². The smallest absolute Gasteiger partial charge is 0.286 e. The molecule has 0 aliphatic carbocycles. The normalized spacial score (nSPS) is 16.3. The van der Waals surface area contributed by atoms with Gasteiger partial charge in [0.2, 0.25) is 0 Å². The maximum absolute atomic E-state index is 13.7. The first kappa shape index (κ1) is 24.7. The molecular formula is C24H32N2O6Si. The highest BCUT2D eigenvalue weighted by atomic mass is 28.4. The van der Waals surface area contributed by atoms with Gasteiger partial charge in [-0.15, -0.1) is 0 Å². The molecule has 9 heteroatoms. The third-order valence-corrected chi connectivity index (χ3v) is 11.3. The van der Waals surface area contributed by atoms with E-state index in [1.165, 1.54) is 13.2 Å². The van der Waals surface area contributed by atoms with E-state index in [1.807, 2.05) is 24.3 Å². The predicted octanol–water partition coefficient (Wildman–Crippen LogP) is 4.90. The highest BCUT2D eigenvalue weighted by molar-refractivity contribution is 6.74. The molecule has 2 aromatic rings. The van der Waals surface area contributed by atoms with E-state index < -0.39 is 24.8 Å². The summed E-state index contributed by atoms with van der Waals surface area (Å²) in [7, 11) is -0.739. The number of rotatable bonds is 6. The molecule has 0 saturated heterocycles. The average Bonchev–Trinajstić information content (AvgIpc) is 2.75. The summed E-state index contributed by atoms with van der Waals surface area (Å²) in [5.74, 6) is -0.865. The summed E-state index contributed by atoms with van der Waals surface area (Å²) in [6, 6.07) is 9.82. The van der Waals surface area contributed by atoms with Crippen molar-refractivity contribution in [3.63, 3.8) is 0 Å². The third kappa shape index (κ3) is 5.04. The van der Waals surface area contributed by atoms with Gasteiger partial charge in [0, 0.05) is 12.6 Å². The Bertz CT molecular complexity index is 1060. The van der Waals surface area contributed by atoms with Crippen LogP contribution in [-0.2, 0) is 17.4 Å². The van der Waals surface area contributed by atoms with Gasteiger partial charge in [-0.05, 0) is 35.7 Å². The van der Waals surface area contributed by atoms with Crippen LogP contribution < -0.4 is 4.74 Å². The van der Waals surface area contributed by atoms with E-state index in [9.17, 15) is 20.0 Å². The number of phenols is 1. The molecular weight excluding hydrogens is 440 g/mol. The Morgan fingerprint density at radius 2 is 1.88 bits per heavy atom. The first-order chi connectivity index (χ1) is 15.4. The number of ether oxygens (including phenoxy) is 1. The molecule has 1 aliphatic rings. The molecule has 8 nitrogen and oxygen atoms in total. The Balaban J connectivity index is 2.01. The number of amides is 1. The molecule has 1 unspecified atom stereocenters. The third-order valence-electron chi connectivity index (χ3n) is 6.78. The van der Waals surface area contributed by atoms with Crippen molar-refractivity contribution in [3.05, 3.63) is 63.2 Å². The molecule has 0 spiro atoms. The monoisotopic (exact) mass is 472 g/mol. The molecule has 2 aromatic carbocycles. The van der Waals surface area contributed by atoms with E-state index in [0.29, 0.717) is 19.6 Å². The quantitative estimate of drug-likeness (QED) is 0.365. The fourth-order valence-electron chi connectivity index (χ4n) is 3.69. The molecule has 1 aliphatic heterocycles. The Kier molecular flexibility index (Phi) is 6.85. The number of fused-ring (bicyclic) bond motifs is 1. The van der Waals surface area contributed by atoms with Gasteiger partial charge in [0.25, 0.3) is 11.6 Å². The van der Waals surface area contributed by atoms with Crippen molar-refractivity contribution in [1.29, 1.82) is 0 Å². The van der Waals surface area contributed by atoms with Crippen molar-refractivity contribution < 1.29 is 24.0 Å². The van der Waals surface area contributed by atoms with E-state index in [1.54, 1.807) is 4.90 Å². The van der Waals surface area contributed by atoms with Gasteiger partial charge in [0.15, 0.2) is 19.8 Å². The van der Waals surface area contributed by atoms with E-state index in [0.717, 1.165) is 17.2 Å². The Hall–Kier alpha value is -2.91. The molecule has 0 saturated carbocycles. The second-order valence-electron chi connectivity index (χ2n) is 9.93. The van der Waals surface area contributed by atoms with Crippen LogP contribution in [0.2, 0.25) is 18.1 Å². The van der Waals surface area contributed by atoms with E-state index in [2.05, 4.69) is 33.9 Å². The van der Waals surface area contributed by atoms with E-state index >= 15 is 0 Å². The Labute approximate surface area is 195 Å². The second kappa shape index (κ2) is 9.15. The maximum Gasteiger partial charge on any atom is 0.286 e. The molecule has 0 aromatic heterocycles. The zero-order valence-corrected chi connectivity index (χ0v) is 21.0. The highest BCUT2D eigenvalue weighted by Gasteiger charge is 2.40. The van der Waals surface area contributed by atoms with Gasteiger partial charge in [0.05, 0.1) is 30.7 Å². The molecule has 1 heterocycles. The zero-order valence-electron chi connectivity index (χ0n) is 20.0. The molecule has 3 rings (SSSR count). The summed E-state index contributed by atoms with van der Waals surface area (Å²) in [4.78, 5) is 26.3. The van der Waals surface area contributed by atoms with Crippen molar-refractivity contribution in [3.8, 4) is 11.5 Å². The molecule has 1 atom stereocenters. The molecule has 0 radical (unpaired) electrons. The van der Waals surface area contributed by atoms with Crippen LogP contribution in [0, 0.1) is 10.1 Å². The van der Waals surface area contributed by atoms with Gasteiger partial charge in [-0.3, -0.25) is 14.9 Å². The van der Waals surface area contributed by atoms with Crippen molar-refractivity contribution in [2.75, 3.05) is 13.7 Å². The lowest BCUT2D eigenvalue weighted by atomic mass is 9.93. The van der Waals surface area contributed by atoms with Crippen molar-refractivity contribution >= 4 is 19.9 Å². The number of carbonyl (C=O) groups excluding carboxylic acids is 1. The summed E-state index contributed by atoms with van der Waals surface area (Å²) < 4.78 is 11.6. The number of hydrogen-bond acceptors (Lipinski definition) is 6. The van der Waals surface area contributed by atoms with Crippen LogP contribution in [0.4, 0.5) is 5.69 Å². The van der Waals surface area contributed by atoms with Crippen LogP contribution in [0.15, 0.2) is 36.4 Å². The van der Waals surface area contributed by atoms with Gasteiger partial charge in [-0.1, -0.05) is 45.0 Å². The number of benzene rings is 2. The number of carbonyl (C=O) groups is 1. The first-order valence-electron chi connectivity index (χ1n) is 10.9. The molecule has 0 bridgehead atoms. The van der Waals surface area contributed by atoms with Crippen LogP contribution in [0.1, 0.15) is 42.3 Å². The minimum absolute atomic E-state index is 0.00966. The lowest BCUT2D eigenvalue weighted by Crippen LogP contribution is -2.50. The number of hydrogen-bond donors (Lipinski definition) is 1.